The quantitative estimate of drug-likeness (QED) is 0.808. The second-order valence-electron chi connectivity index (χ2n) is 5.44. The molecule has 0 radical (unpaired) electrons. The summed E-state index contributed by atoms with van der Waals surface area (Å²) in [7, 11) is 0. The number of hydrogen-bond acceptors (Lipinski definition) is 3. The van der Waals surface area contributed by atoms with Crippen LogP contribution >= 0.6 is 0 Å². The van der Waals surface area contributed by atoms with Gasteiger partial charge in [-0.1, -0.05) is 25.1 Å². The zero-order valence-corrected chi connectivity index (χ0v) is 14.8. The Kier molecular flexibility index (Phi) is 6.24. The normalized spacial score (nSPS) is 10.3. The fourth-order valence-corrected chi connectivity index (χ4v) is 2.60. The average Bonchev–Trinajstić information content (AvgIpc) is 2.57. The molecule has 4 heteroatoms. The van der Waals surface area contributed by atoms with E-state index in [-0.39, 0.29) is 5.91 Å². The number of para-hydroxylation sites is 1. The first kappa shape index (κ1) is 17.9. The van der Waals surface area contributed by atoms with Gasteiger partial charge in [0.15, 0.2) is 0 Å². The molecule has 0 aromatic heterocycles. The highest BCUT2D eigenvalue weighted by Crippen LogP contribution is 2.28. The van der Waals surface area contributed by atoms with Crippen LogP contribution in [0.15, 0.2) is 36.4 Å². The highest BCUT2D eigenvalue weighted by atomic mass is 16.5. The zero-order chi connectivity index (χ0) is 17.5. The van der Waals surface area contributed by atoms with E-state index in [1.54, 1.807) is 18.2 Å². The van der Waals surface area contributed by atoms with Crippen LogP contribution in [0.4, 0.5) is 5.69 Å². The van der Waals surface area contributed by atoms with E-state index in [2.05, 4.69) is 12.2 Å². The lowest BCUT2D eigenvalue weighted by atomic mass is 10.1. The number of rotatable bonds is 7. The topological polar surface area (TPSA) is 47.6 Å². The van der Waals surface area contributed by atoms with Crippen molar-refractivity contribution in [3.8, 4) is 11.5 Å². The fraction of sp³-hybridized carbons (Fsp3) is 0.350. The van der Waals surface area contributed by atoms with Gasteiger partial charge in [0, 0.05) is 11.8 Å². The summed E-state index contributed by atoms with van der Waals surface area (Å²) in [5.74, 6) is 1.06. The van der Waals surface area contributed by atoms with E-state index in [9.17, 15) is 4.79 Å². The number of nitrogens with one attached hydrogen (secondary N) is 1. The van der Waals surface area contributed by atoms with E-state index in [1.165, 1.54) is 0 Å². The summed E-state index contributed by atoms with van der Waals surface area (Å²) in [6.07, 6.45) is 0.860. The minimum absolute atomic E-state index is 0.175. The van der Waals surface area contributed by atoms with Crippen molar-refractivity contribution in [1.82, 2.24) is 0 Å². The van der Waals surface area contributed by atoms with Gasteiger partial charge < -0.3 is 14.8 Å². The highest BCUT2D eigenvalue weighted by Gasteiger charge is 2.16. The Morgan fingerprint density at radius 2 is 1.79 bits per heavy atom. The van der Waals surface area contributed by atoms with Crippen LogP contribution in [-0.4, -0.2) is 19.1 Å². The lowest BCUT2D eigenvalue weighted by Crippen LogP contribution is -2.16. The Morgan fingerprint density at radius 1 is 1.04 bits per heavy atom. The van der Waals surface area contributed by atoms with Crippen molar-refractivity contribution in [3.63, 3.8) is 0 Å². The Balaban J connectivity index is 2.33. The van der Waals surface area contributed by atoms with Gasteiger partial charge in [0.05, 0.1) is 18.8 Å². The number of anilines is 1. The molecular weight excluding hydrogens is 302 g/mol. The predicted molar refractivity (Wildman–Crippen MR) is 97.3 cm³/mol. The predicted octanol–water partition coefficient (Wildman–Crippen LogP) is 4.61. The molecule has 1 N–H and O–H groups in total. The fourth-order valence-electron chi connectivity index (χ4n) is 2.60. The van der Waals surface area contributed by atoms with E-state index in [0.717, 1.165) is 23.2 Å². The molecule has 24 heavy (non-hydrogen) atoms. The van der Waals surface area contributed by atoms with Crippen molar-refractivity contribution in [2.24, 2.45) is 0 Å². The molecule has 0 unspecified atom stereocenters. The van der Waals surface area contributed by atoms with E-state index in [1.807, 2.05) is 39.0 Å². The summed E-state index contributed by atoms with van der Waals surface area (Å²) in [6.45, 7) is 8.95. The molecule has 0 fully saturated rings. The third kappa shape index (κ3) is 4.07. The zero-order valence-electron chi connectivity index (χ0n) is 14.8. The molecule has 0 spiro atoms. The van der Waals surface area contributed by atoms with Gasteiger partial charge in [0.1, 0.15) is 11.5 Å². The summed E-state index contributed by atoms with van der Waals surface area (Å²) in [4.78, 5) is 12.8. The maximum Gasteiger partial charge on any atom is 0.259 e. The van der Waals surface area contributed by atoms with Gasteiger partial charge in [-0.2, -0.15) is 0 Å². The van der Waals surface area contributed by atoms with Gasteiger partial charge in [0.2, 0.25) is 0 Å². The van der Waals surface area contributed by atoms with E-state index >= 15 is 0 Å². The van der Waals surface area contributed by atoms with Gasteiger partial charge in [0.25, 0.3) is 5.91 Å². The number of aryl methyl sites for hydroxylation is 2. The smallest absolute Gasteiger partial charge is 0.259 e. The van der Waals surface area contributed by atoms with E-state index in [4.69, 9.17) is 9.47 Å². The maximum absolute atomic E-state index is 12.8. The summed E-state index contributed by atoms with van der Waals surface area (Å²) < 4.78 is 11.1. The first-order chi connectivity index (χ1) is 11.6. The molecule has 0 saturated heterocycles. The van der Waals surface area contributed by atoms with Crippen LogP contribution in [0.3, 0.4) is 0 Å². The van der Waals surface area contributed by atoms with Gasteiger partial charge in [-0.25, -0.2) is 0 Å². The van der Waals surface area contributed by atoms with E-state index < -0.39 is 0 Å². The van der Waals surface area contributed by atoms with Crippen LogP contribution < -0.4 is 14.8 Å². The van der Waals surface area contributed by atoms with Crippen LogP contribution in [0.25, 0.3) is 0 Å². The van der Waals surface area contributed by atoms with Crippen LogP contribution in [0.1, 0.15) is 42.3 Å². The molecule has 0 aliphatic heterocycles. The van der Waals surface area contributed by atoms with E-state index in [0.29, 0.717) is 30.3 Å². The number of carbonyl (C=O) groups is 1. The molecular formula is C20H25NO3. The lowest BCUT2D eigenvalue weighted by Gasteiger charge is -2.15. The van der Waals surface area contributed by atoms with Gasteiger partial charge >= 0.3 is 0 Å². The standard InChI is InChI=1S/C20H25NO3/c1-5-15-10-8-9-14(4)19(15)21-20(22)17-12-11-16(23-6-2)13-18(17)24-7-3/h8-13H,5-7H2,1-4H3,(H,21,22). The maximum atomic E-state index is 12.8. The molecule has 2 rings (SSSR count). The van der Waals surface area contributed by atoms with Gasteiger partial charge in [-0.3, -0.25) is 4.79 Å². The van der Waals surface area contributed by atoms with Crippen LogP contribution in [0.5, 0.6) is 11.5 Å². The van der Waals surface area contributed by atoms with Crippen molar-refractivity contribution in [2.75, 3.05) is 18.5 Å². The number of ether oxygens (including phenoxy) is 2. The number of carbonyl (C=O) groups excluding carboxylic acids is 1. The van der Waals surface area contributed by atoms with Crippen molar-refractivity contribution in [3.05, 3.63) is 53.1 Å². The second-order valence-corrected chi connectivity index (χ2v) is 5.44. The summed E-state index contributed by atoms with van der Waals surface area (Å²) in [5.41, 5.74) is 3.55. The summed E-state index contributed by atoms with van der Waals surface area (Å²) >= 11 is 0. The summed E-state index contributed by atoms with van der Waals surface area (Å²) in [6, 6.07) is 11.3. The van der Waals surface area contributed by atoms with Crippen molar-refractivity contribution in [2.45, 2.75) is 34.1 Å². The Hall–Kier alpha value is -2.49. The molecule has 0 aliphatic carbocycles. The minimum Gasteiger partial charge on any atom is -0.494 e. The highest BCUT2D eigenvalue weighted by molar-refractivity contribution is 6.07. The Morgan fingerprint density at radius 3 is 2.46 bits per heavy atom. The molecule has 0 bridgehead atoms. The largest absolute Gasteiger partial charge is 0.494 e. The molecule has 2 aromatic rings. The Labute approximate surface area is 143 Å². The third-order valence-corrected chi connectivity index (χ3v) is 3.79. The number of amides is 1. The average molecular weight is 327 g/mol. The summed E-state index contributed by atoms with van der Waals surface area (Å²) in [5, 5.41) is 3.04. The molecule has 2 aromatic carbocycles. The van der Waals surface area contributed by atoms with Crippen LogP contribution in [-0.2, 0) is 6.42 Å². The molecule has 0 heterocycles. The SMILES string of the molecule is CCOc1ccc(C(=O)Nc2c(C)cccc2CC)c(OCC)c1. The van der Waals surface area contributed by atoms with Gasteiger partial charge in [-0.15, -0.1) is 0 Å². The van der Waals surface area contributed by atoms with Crippen molar-refractivity contribution >= 4 is 11.6 Å². The van der Waals surface area contributed by atoms with Crippen LogP contribution in [0, 0.1) is 6.92 Å². The first-order valence-corrected chi connectivity index (χ1v) is 8.40. The monoisotopic (exact) mass is 327 g/mol. The number of benzene rings is 2. The Bertz CT molecular complexity index is 710. The molecule has 0 atom stereocenters. The lowest BCUT2D eigenvalue weighted by molar-refractivity contribution is 0.102. The number of hydrogen-bond donors (Lipinski definition) is 1. The first-order valence-electron chi connectivity index (χ1n) is 8.40. The minimum atomic E-state index is -0.175. The molecule has 0 aliphatic rings. The third-order valence-electron chi connectivity index (χ3n) is 3.79. The van der Waals surface area contributed by atoms with Crippen molar-refractivity contribution in [1.29, 1.82) is 0 Å². The van der Waals surface area contributed by atoms with Crippen molar-refractivity contribution < 1.29 is 14.3 Å². The second kappa shape index (κ2) is 8.39. The molecule has 128 valence electrons. The molecule has 1 amide bonds. The molecule has 0 saturated carbocycles. The van der Waals surface area contributed by atoms with Gasteiger partial charge in [-0.05, 0) is 50.5 Å². The van der Waals surface area contributed by atoms with Crippen LogP contribution in [0.2, 0.25) is 0 Å². The molecule has 4 nitrogen and oxygen atoms in total.